The molecule has 0 aliphatic rings. The molecule has 3 nitrogen and oxygen atoms in total. The van der Waals surface area contributed by atoms with E-state index in [0.29, 0.717) is 5.69 Å². The van der Waals surface area contributed by atoms with E-state index in [1.807, 2.05) is 37.1 Å². The summed E-state index contributed by atoms with van der Waals surface area (Å²) < 4.78 is 18.4. The first-order valence-electron chi connectivity index (χ1n) is 5.96. The summed E-state index contributed by atoms with van der Waals surface area (Å²) in [5.74, 6) is 0.405. The number of anilines is 3. The van der Waals surface area contributed by atoms with Gasteiger partial charge in [0.15, 0.2) is 0 Å². The number of aryl methyl sites for hydroxylation is 1. The monoisotopic (exact) mass is 260 g/mol. The van der Waals surface area contributed by atoms with E-state index in [-0.39, 0.29) is 5.82 Å². The van der Waals surface area contributed by atoms with Gasteiger partial charge < -0.3 is 15.4 Å². The Morgan fingerprint density at radius 1 is 1.11 bits per heavy atom. The van der Waals surface area contributed by atoms with Gasteiger partial charge in [-0.25, -0.2) is 4.39 Å². The highest BCUT2D eigenvalue weighted by Crippen LogP contribution is 2.35. The normalized spacial score (nSPS) is 10.3. The molecule has 0 radical (unpaired) electrons. The summed E-state index contributed by atoms with van der Waals surface area (Å²) in [7, 11) is 3.50. The second kappa shape index (κ2) is 5.18. The van der Waals surface area contributed by atoms with Crippen LogP contribution >= 0.6 is 0 Å². The Morgan fingerprint density at radius 2 is 1.84 bits per heavy atom. The number of benzene rings is 2. The van der Waals surface area contributed by atoms with Crippen molar-refractivity contribution in [2.75, 3.05) is 24.8 Å². The molecule has 2 aromatic carbocycles. The Morgan fingerprint density at radius 3 is 2.47 bits per heavy atom. The largest absolute Gasteiger partial charge is 0.495 e. The number of halogens is 1. The molecule has 19 heavy (non-hydrogen) atoms. The summed E-state index contributed by atoms with van der Waals surface area (Å²) in [4.78, 5) is 1.89. The maximum absolute atomic E-state index is 13.1. The van der Waals surface area contributed by atoms with Crippen molar-refractivity contribution < 1.29 is 9.13 Å². The second-order valence-electron chi connectivity index (χ2n) is 4.44. The molecule has 0 amide bonds. The van der Waals surface area contributed by atoms with Crippen LogP contribution in [0.5, 0.6) is 5.75 Å². The van der Waals surface area contributed by atoms with Crippen LogP contribution in [0, 0.1) is 12.7 Å². The number of methoxy groups -OCH3 is 1. The van der Waals surface area contributed by atoms with Crippen molar-refractivity contribution in [2.24, 2.45) is 0 Å². The third-order valence-corrected chi connectivity index (χ3v) is 3.05. The molecule has 2 rings (SSSR count). The van der Waals surface area contributed by atoms with E-state index in [1.165, 1.54) is 12.1 Å². The van der Waals surface area contributed by atoms with Gasteiger partial charge in [-0.3, -0.25) is 0 Å². The minimum absolute atomic E-state index is 0.342. The SMILES string of the molecule is COc1ccc(C)cc1N(C)c1ccc(F)cc1N. The highest BCUT2D eigenvalue weighted by Gasteiger charge is 2.13. The Hall–Kier alpha value is -2.23. The lowest BCUT2D eigenvalue weighted by Gasteiger charge is -2.23. The van der Waals surface area contributed by atoms with Gasteiger partial charge in [0.1, 0.15) is 11.6 Å². The van der Waals surface area contributed by atoms with Crippen molar-refractivity contribution >= 4 is 17.1 Å². The van der Waals surface area contributed by atoms with Crippen LogP contribution in [0.25, 0.3) is 0 Å². The molecule has 100 valence electrons. The fourth-order valence-electron chi connectivity index (χ4n) is 2.02. The molecule has 0 fully saturated rings. The molecule has 0 aliphatic heterocycles. The predicted octanol–water partition coefficient (Wildman–Crippen LogP) is 3.49. The van der Waals surface area contributed by atoms with E-state index in [9.17, 15) is 4.39 Å². The first-order chi connectivity index (χ1) is 9.02. The average Bonchev–Trinajstić information content (AvgIpc) is 2.38. The Balaban J connectivity index is 2.49. The number of nitrogens with two attached hydrogens (primary N) is 1. The van der Waals surface area contributed by atoms with Gasteiger partial charge in [-0.15, -0.1) is 0 Å². The fourth-order valence-corrected chi connectivity index (χ4v) is 2.02. The van der Waals surface area contributed by atoms with E-state index in [0.717, 1.165) is 22.7 Å². The molecule has 0 spiro atoms. The molecule has 4 heteroatoms. The van der Waals surface area contributed by atoms with Gasteiger partial charge in [-0.05, 0) is 42.8 Å². The minimum Gasteiger partial charge on any atom is -0.495 e. The number of hydrogen-bond donors (Lipinski definition) is 1. The summed E-state index contributed by atoms with van der Waals surface area (Å²) in [5, 5.41) is 0. The molecule has 0 unspecified atom stereocenters. The van der Waals surface area contributed by atoms with Gasteiger partial charge in [0, 0.05) is 7.05 Å². The Kier molecular flexibility index (Phi) is 3.60. The van der Waals surface area contributed by atoms with Crippen molar-refractivity contribution in [1.29, 1.82) is 0 Å². The molecule has 0 aliphatic carbocycles. The summed E-state index contributed by atoms with van der Waals surface area (Å²) in [6.07, 6.45) is 0. The van der Waals surface area contributed by atoms with Crippen LogP contribution in [0.15, 0.2) is 36.4 Å². The minimum atomic E-state index is -0.342. The van der Waals surface area contributed by atoms with E-state index < -0.39 is 0 Å². The molecule has 0 saturated heterocycles. The Labute approximate surface area is 112 Å². The number of hydrogen-bond acceptors (Lipinski definition) is 3. The molecular weight excluding hydrogens is 243 g/mol. The van der Waals surface area contributed by atoms with Gasteiger partial charge in [-0.2, -0.15) is 0 Å². The molecule has 0 aromatic heterocycles. The topological polar surface area (TPSA) is 38.5 Å². The lowest BCUT2D eigenvalue weighted by molar-refractivity contribution is 0.415. The van der Waals surface area contributed by atoms with Gasteiger partial charge >= 0.3 is 0 Å². The number of nitrogen functional groups attached to an aromatic ring is 1. The second-order valence-corrected chi connectivity index (χ2v) is 4.44. The summed E-state index contributed by atoms with van der Waals surface area (Å²) >= 11 is 0. The van der Waals surface area contributed by atoms with Crippen LogP contribution in [0.4, 0.5) is 21.5 Å². The number of nitrogens with zero attached hydrogens (tertiary/aromatic N) is 1. The first-order valence-corrected chi connectivity index (χ1v) is 5.96. The van der Waals surface area contributed by atoms with Gasteiger partial charge in [0.25, 0.3) is 0 Å². The molecule has 2 N–H and O–H groups in total. The van der Waals surface area contributed by atoms with Crippen LogP contribution in [0.1, 0.15) is 5.56 Å². The van der Waals surface area contributed by atoms with Crippen molar-refractivity contribution in [2.45, 2.75) is 6.92 Å². The zero-order valence-electron chi connectivity index (χ0n) is 11.3. The first kappa shape index (κ1) is 13.2. The van der Waals surface area contributed by atoms with E-state index in [4.69, 9.17) is 10.5 Å². The lowest BCUT2D eigenvalue weighted by Crippen LogP contribution is -2.13. The maximum atomic E-state index is 13.1. The summed E-state index contributed by atoms with van der Waals surface area (Å²) in [5.41, 5.74) is 9.01. The van der Waals surface area contributed by atoms with Crippen LogP contribution in [0.2, 0.25) is 0 Å². The standard InChI is InChI=1S/C15H17FN2O/c1-10-4-7-15(19-3)14(8-10)18(2)13-6-5-11(16)9-12(13)17/h4-9H,17H2,1-3H3. The van der Waals surface area contributed by atoms with E-state index >= 15 is 0 Å². The highest BCUT2D eigenvalue weighted by molar-refractivity contribution is 5.77. The quantitative estimate of drug-likeness (QED) is 0.858. The third-order valence-electron chi connectivity index (χ3n) is 3.05. The third kappa shape index (κ3) is 2.62. The molecular formula is C15H17FN2O. The maximum Gasteiger partial charge on any atom is 0.142 e. The van der Waals surface area contributed by atoms with E-state index in [1.54, 1.807) is 13.2 Å². The van der Waals surface area contributed by atoms with Crippen molar-refractivity contribution in [1.82, 2.24) is 0 Å². The number of ether oxygens (including phenoxy) is 1. The lowest BCUT2D eigenvalue weighted by atomic mass is 10.1. The van der Waals surface area contributed by atoms with Crippen molar-refractivity contribution in [3.8, 4) is 5.75 Å². The average molecular weight is 260 g/mol. The van der Waals surface area contributed by atoms with Gasteiger partial charge in [0.05, 0.1) is 24.2 Å². The fraction of sp³-hybridized carbons (Fsp3) is 0.200. The van der Waals surface area contributed by atoms with Crippen LogP contribution in [-0.4, -0.2) is 14.2 Å². The highest BCUT2D eigenvalue weighted by atomic mass is 19.1. The van der Waals surface area contributed by atoms with Crippen LogP contribution in [0.3, 0.4) is 0 Å². The summed E-state index contributed by atoms with van der Waals surface area (Å²) in [6, 6.07) is 10.2. The molecule has 0 saturated carbocycles. The van der Waals surface area contributed by atoms with Crippen molar-refractivity contribution in [3.05, 3.63) is 47.8 Å². The van der Waals surface area contributed by atoms with Gasteiger partial charge in [-0.1, -0.05) is 6.07 Å². The smallest absolute Gasteiger partial charge is 0.142 e. The van der Waals surface area contributed by atoms with Crippen LogP contribution < -0.4 is 15.4 Å². The molecule has 0 heterocycles. The van der Waals surface area contributed by atoms with Crippen molar-refractivity contribution in [3.63, 3.8) is 0 Å². The zero-order chi connectivity index (χ0) is 14.0. The molecule has 2 aromatic rings. The zero-order valence-corrected chi connectivity index (χ0v) is 11.3. The van der Waals surface area contributed by atoms with E-state index in [2.05, 4.69) is 0 Å². The molecule has 0 bridgehead atoms. The van der Waals surface area contributed by atoms with Gasteiger partial charge in [0.2, 0.25) is 0 Å². The Bertz CT molecular complexity index is 599. The molecule has 0 atom stereocenters. The number of rotatable bonds is 3. The summed E-state index contributed by atoms with van der Waals surface area (Å²) in [6.45, 7) is 2.00. The predicted molar refractivity (Wildman–Crippen MR) is 76.6 cm³/mol. The van der Waals surface area contributed by atoms with Crippen LogP contribution in [-0.2, 0) is 0 Å².